The van der Waals surface area contributed by atoms with Crippen LogP contribution in [0.15, 0.2) is 0 Å². The Labute approximate surface area is 50.7 Å². The summed E-state index contributed by atoms with van der Waals surface area (Å²) in [6.07, 6.45) is 0. The van der Waals surface area contributed by atoms with Gasteiger partial charge >= 0.3 is 0 Å². The van der Waals surface area contributed by atoms with Gasteiger partial charge in [-0.3, -0.25) is 0 Å². The minimum absolute atomic E-state index is 0.557. The maximum absolute atomic E-state index is 4.74. The molecule has 0 radical (unpaired) electrons. The first-order valence-electron chi connectivity index (χ1n) is 3.01. The van der Waals surface area contributed by atoms with Gasteiger partial charge < -0.3 is 0 Å². The topological polar surface area (TPSA) is 18.5 Å². The molecule has 0 spiro atoms. The molecule has 0 aromatic carbocycles. The van der Waals surface area contributed by atoms with Gasteiger partial charge in [0.25, 0.3) is 0 Å². The fraction of sp³-hybridized carbons (Fsp3) is 1.00. The third kappa shape index (κ3) is 5.92. The molecule has 0 heterocycles. The van der Waals surface area contributed by atoms with Gasteiger partial charge in [0, 0.05) is 0 Å². The molecule has 8 heavy (non-hydrogen) atoms. The van der Waals surface area contributed by atoms with Crippen molar-refractivity contribution in [2.24, 2.45) is 5.92 Å². The zero-order valence-electron chi connectivity index (χ0n) is 5.81. The molecule has 0 aromatic heterocycles. The molecule has 2 nitrogen and oxygen atoms in total. The SMILES string of the molecule is CCOOCC(C)C. The average molecular weight is 118 g/mol. The number of hydrogen-bond acceptors (Lipinski definition) is 2. The van der Waals surface area contributed by atoms with Crippen molar-refractivity contribution >= 4 is 0 Å². The fourth-order valence-electron chi connectivity index (χ4n) is 0.268. The molecule has 0 atom stereocenters. The van der Waals surface area contributed by atoms with Gasteiger partial charge in [0.05, 0.1) is 13.2 Å². The summed E-state index contributed by atoms with van der Waals surface area (Å²) in [6.45, 7) is 7.39. The first-order chi connectivity index (χ1) is 3.77. The lowest BCUT2D eigenvalue weighted by Gasteiger charge is -2.02. The molecule has 2 heteroatoms. The molecule has 0 N–H and O–H groups in total. The van der Waals surface area contributed by atoms with Crippen LogP contribution in [0.1, 0.15) is 20.8 Å². The molecule has 50 valence electrons. The van der Waals surface area contributed by atoms with Gasteiger partial charge in [0.15, 0.2) is 0 Å². The van der Waals surface area contributed by atoms with Gasteiger partial charge in [0.2, 0.25) is 0 Å². The lowest BCUT2D eigenvalue weighted by Crippen LogP contribution is -2.01. The highest BCUT2D eigenvalue weighted by molar-refractivity contribution is 4.34. The maximum Gasteiger partial charge on any atom is 0.0845 e. The summed E-state index contributed by atoms with van der Waals surface area (Å²) in [4.78, 5) is 9.39. The molecule has 0 aliphatic heterocycles. The van der Waals surface area contributed by atoms with E-state index in [4.69, 9.17) is 4.89 Å². The first-order valence-corrected chi connectivity index (χ1v) is 3.01. The Hall–Kier alpha value is -0.0800. The van der Waals surface area contributed by atoms with Crippen LogP contribution >= 0.6 is 0 Å². The molecule has 0 unspecified atom stereocenters. The quantitative estimate of drug-likeness (QED) is 0.317. The lowest BCUT2D eigenvalue weighted by atomic mass is 10.2. The number of rotatable bonds is 4. The zero-order chi connectivity index (χ0) is 6.41. The molecule has 0 fully saturated rings. The van der Waals surface area contributed by atoms with Crippen LogP contribution in [0.25, 0.3) is 0 Å². The van der Waals surface area contributed by atoms with Crippen molar-refractivity contribution in [1.29, 1.82) is 0 Å². The number of hydrogen-bond donors (Lipinski definition) is 0. The molecule has 0 amide bonds. The van der Waals surface area contributed by atoms with Gasteiger partial charge in [-0.1, -0.05) is 13.8 Å². The van der Waals surface area contributed by atoms with E-state index in [1.54, 1.807) is 0 Å². The van der Waals surface area contributed by atoms with Crippen molar-refractivity contribution in [3.8, 4) is 0 Å². The Morgan fingerprint density at radius 3 is 2.25 bits per heavy atom. The summed E-state index contributed by atoms with van der Waals surface area (Å²) in [7, 11) is 0. The van der Waals surface area contributed by atoms with Gasteiger partial charge in [-0.25, -0.2) is 9.78 Å². The van der Waals surface area contributed by atoms with E-state index in [1.807, 2.05) is 6.92 Å². The second kappa shape index (κ2) is 5.06. The van der Waals surface area contributed by atoms with E-state index in [0.717, 1.165) is 0 Å². The third-order valence-electron chi connectivity index (χ3n) is 0.603. The van der Waals surface area contributed by atoms with Crippen LogP contribution in [-0.2, 0) is 9.78 Å². The van der Waals surface area contributed by atoms with E-state index < -0.39 is 0 Å². The molecule has 0 saturated heterocycles. The Bertz CT molecular complexity index is 43.8. The van der Waals surface area contributed by atoms with E-state index in [2.05, 4.69) is 18.7 Å². The van der Waals surface area contributed by atoms with Crippen LogP contribution in [0.2, 0.25) is 0 Å². The Morgan fingerprint density at radius 2 is 1.88 bits per heavy atom. The van der Waals surface area contributed by atoms with Crippen molar-refractivity contribution in [2.45, 2.75) is 20.8 Å². The van der Waals surface area contributed by atoms with E-state index in [1.165, 1.54) is 0 Å². The van der Waals surface area contributed by atoms with E-state index >= 15 is 0 Å². The van der Waals surface area contributed by atoms with E-state index in [0.29, 0.717) is 19.1 Å². The molecule has 0 aromatic rings. The zero-order valence-corrected chi connectivity index (χ0v) is 5.81. The molecular formula is C6H14O2. The predicted molar refractivity (Wildman–Crippen MR) is 32.4 cm³/mol. The molecule has 0 rings (SSSR count). The van der Waals surface area contributed by atoms with Crippen molar-refractivity contribution in [3.63, 3.8) is 0 Å². The van der Waals surface area contributed by atoms with Crippen LogP contribution in [0.4, 0.5) is 0 Å². The van der Waals surface area contributed by atoms with Crippen LogP contribution < -0.4 is 0 Å². The van der Waals surface area contributed by atoms with Crippen LogP contribution in [0.5, 0.6) is 0 Å². The standard InChI is InChI=1S/C6H14O2/c1-4-7-8-5-6(2)3/h6H,4-5H2,1-3H3. The summed E-state index contributed by atoms with van der Waals surface area (Å²) in [5.74, 6) is 0.557. The minimum atomic E-state index is 0.557. The monoisotopic (exact) mass is 118 g/mol. The normalized spacial score (nSPS) is 10.5. The summed E-state index contributed by atoms with van der Waals surface area (Å²) >= 11 is 0. The highest BCUT2D eigenvalue weighted by atomic mass is 17.2. The lowest BCUT2D eigenvalue weighted by molar-refractivity contribution is -0.296. The molecule has 0 saturated carbocycles. The predicted octanol–water partition coefficient (Wildman–Crippen LogP) is 1.61. The van der Waals surface area contributed by atoms with Gasteiger partial charge in [-0.2, -0.15) is 0 Å². The van der Waals surface area contributed by atoms with E-state index in [9.17, 15) is 0 Å². The highest BCUT2D eigenvalue weighted by Crippen LogP contribution is 1.91. The molecular weight excluding hydrogens is 104 g/mol. The summed E-state index contributed by atoms with van der Waals surface area (Å²) < 4.78 is 0. The van der Waals surface area contributed by atoms with Crippen LogP contribution in [-0.4, -0.2) is 13.2 Å². The Morgan fingerprint density at radius 1 is 1.25 bits per heavy atom. The first kappa shape index (κ1) is 7.92. The minimum Gasteiger partial charge on any atom is -0.237 e. The van der Waals surface area contributed by atoms with Crippen molar-refractivity contribution in [3.05, 3.63) is 0 Å². The Kier molecular flexibility index (Phi) is 5.01. The smallest absolute Gasteiger partial charge is 0.0845 e. The van der Waals surface area contributed by atoms with Crippen molar-refractivity contribution in [1.82, 2.24) is 0 Å². The maximum atomic E-state index is 4.74. The third-order valence-corrected chi connectivity index (χ3v) is 0.603. The van der Waals surface area contributed by atoms with Gasteiger partial charge in [-0.05, 0) is 12.8 Å². The van der Waals surface area contributed by atoms with Gasteiger partial charge in [0.1, 0.15) is 0 Å². The van der Waals surface area contributed by atoms with Crippen molar-refractivity contribution < 1.29 is 9.78 Å². The largest absolute Gasteiger partial charge is 0.237 e. The van der Waals surface area contributed by atoms with Crippen LogP contribution in [0.3, 0.4) is 0 Å². The highest BCUT2D eigenvalue weighted by Gasteiger charge is 1.91. The summed E-state index contributed by atoms with van der Waals surface area (Å²) in [6, 6.07) is 0. The van der Waals surface area contributed by atoms with E-state index in [-0.39, 0.29) is 0 Å². The molecule has 0 aliphatic carbocycles. The second-order valence-corrected chi connectivity index (χ2v) is 2.08. The molecule has 0 bridgehead atoms. The van der Waals surface area contributed by atoms with Crippen LogP contribution in [0, 0.1) is 5.92 Å². The average Bonchev–Trinajstić information content (AvgIpc) is 1.66. The van der Waals surface area contributed by atoms with Crippen molar-refractivity contribution in [2.75, 3.05) is 13.2 Å². The summed E-state index contributed by atoms with van der Waals surface area (Å²) in [5.41, 5.74) is 0. The molecule has 0 aliphatic rings. The summed E-state index contributed by atoms with van der Waals surface area (Å²) in [5, 5.41) is 0. The second-order valence-electron chi connectivity index (χ2n) is 2.08. The fourth-order valence-corrected chi connectivity index (χ4v) is 0.268. The van der Waals surface area contributed by atoms with Gasteiger partial charge in [-0.15, -0.1) is 0 Å². The Balaban J connectivity index is 2.72.